The van der Waals surface area contributed by atoms with E-state index in [0.29, 0.717) is 6.54 Å². The zero-order valence-corrected chi connectivity index (χ0v) is 14.0. The lowest BCUT2D eigenvalue weighted by atomic mass is 10.1. The molecule has 23 heavy (non-hydrogen) atoms. The van der Waals surface area contributed by atoms with Crippen molar-refractivity contribution < 1.29 is 9.53 Å². The molecular weight excluding hydrogens is 288 g/mol. The number of amides is 1. The van der Waals surface area contributed by atoms with Crippen LogP contribution in [0.3, 0.4) is 0 Å². The molecule has 0 bridgehead atoms. The van der Waals surface area contributed by atoms with Crippen LogP contribution in [-0.4, -0.2) is 31.5 Å². The van der Waals surface area contributed by atoms with E-state index >= 15 is 0 Å². The van der Waals surface area contributed by atoms with Crippen LogP contribution in [0.15, 0.2) is 48.5 Å². The van der Waals surface area contributed by atoms with E-state index in [1.54, 1.807) is 0 Å². The Labute approximate surface area is 138 Å². The van der Waals surface area contributed by atoms with Crippen LogP contribution < -0.4 is 10.1 Å². The first-order valence-corrected chi connectivity index (χ1v) is 7.72. The van der Waals surface area contributed by atoms with E-state index in [1.165, 1.54) is 5.56 Å². The van der Waals surface area contributed by atoms with Gasteiger partial charge in [-0.15, -0.1) is 0 Å². The van der Waals surface area contributed by atoms with Crippen molar-refractivity contribution in [3.8, 4) is 5.75 Å². The number of ether oxygens (including phenoxy) is 1. The second kappa shape index (κ2) is 8.34. The second-order valence-corrected chi connectivity index (χ2v) is 5.89. The third kappa shape index (κ3) is 5.75. The van der Waals surface area contributed by atoms with Gasteiger partial charge < -0.3 is 15.0 Å². The number of rotatable bonds is 7. The molecule has 1 N–H and O–H groups in total. The SMILES string of the molecule is Cc1ccccc1OCC(=O)NCc1ccc(CN(C)C)cc1. The monoisotopic (exact) mass is 312 g/mol. The topological polar surface area (TPSA) is 41.6 Å². The highest BCUT2D eigenvalue weighted by Crippen LogP contribution is 2.15. The Hall–Kier alpha value is -2.33. The number of hydrogen-bond donors (Lipinski definition) is 1. The van der Waals surface area contributed by atoms with Crippen LogP contribution in [0.5, 0.6) is 5.75 Å². The van der Waals surface area contributed by atoms with Gasteiger partial charge in [0.25, 0.3) is 5.91 Å². The van der Waals surface area contributed by atoms with Crippen molar-refractivity contribution in [2.24, 2.45) is 0 Å². The molecule has 0 radical (unpaired) electrons. The first-order chi connectivity index (χ1) is 11.0. The van der Waals surface area contributed by atoms with E-state index in [4.69, 9.17) is 4.74 Å². The molecule has 4 nitrogen and oxygen atoms in total. The van der Waals surface area contributed by atoms with Gasteiger partial charge in [-0.3, -0.25) is 4.79 Å². The summed E-state index contributed by atoms with van der Waals surface area (Å²) < 4.78 is 5.53. The van der Waals surface area contributed by atoms with Gasteiger partial charge in [-0.1, -0.05) is 42.5 Å². The summed E-state index contributed by atoms with van der Waals surface area (Å²) in [6, 6.07) is 15.9. The molecule has 0 spiro atoms. The molecule has 1 amide bonds. The van der Waals surface area contributed by atoms with Gasteiger partial charge in [0.15, 0.2) is 6.61 Å². The minimum Gasteiger partial charge on any atom is -0.484 e. The lowest BCUT2D eigenvalue weighted by Crippen LogP contribution is -2.28. The van der Waals surface area contributed by atoms with Gasteiger partial charge in [0.2, 0.25) is 0 Å². The summed E-state index contributed by atoms with van der Waals surface area (Å²) in [6.45, 7) is 3.42. The van der Waals surface area contributed by atoms with E-state index in [-0.39, 0.29) is 12.5 Å². The van der Waals surface area contributed by atoms with Gasteiger partial charge in [0.1, 0.15) is 5.75 Å². The summed E-state index contributed by atoms with van der Waals surface area (Å²) in [5, 5.41) is 2.87. The fraction of sp³-hybridized carbons (Fsp3) is 0.316. The predicted molar refractivity (Wildman–Crippen MR) is 92.4 cm³/mol. The van der Waals surface area contributed by atoms with Crippen molar-refractivity contribution in [3.63, 3.8) is 0 Å². The minimum absolute atomic E-state index is 0.0313. The third-order valence-corrected chi connectivity index (χ3v) is 3.46. The molecule has 0 aliphatic carbocycles. The highest BCUT2D eigenvalue weighted by atomic mass is 16.5. The van der Waals surface area contributed by atoms with Crippen LogP contribution in [0.2, 0.25) is 0 Å². The molecule has 4 heteroatoms. The Morgan fingerprint density at radius 2 is 1.70 bits per heavy atom. The molecule has 0 aliphatic rings. The van der Waals surface area contributed by atoms with E-state index < -0.39 is 0 Å². The lowest BCUT2D eigenvalue weighted by Gasteiger charge is -2.11. The molecule has 2 rings (SSSR count). The van der Waals surface area contributed by atoms with Crippen LogP contribution in [0.1, 0.15) is 16.7 Å². The summed E-state index contributed by atoms with van der Waals surface area (Å²) in [5.41, 5.74) is 3.36. The molecule has 0 aliphatic heterocycles. The Morgan fingerprint density at radius 3 is 2.35 bits per heavy atom. The highest BCUT2D eigenvalue weighted by Gasteiger charge is 2.04. The van der Waals surface area contributed by atoms with Crippen molar-refractivity contribution in [3.05, 3.63) is 65.2 Å². The predicted octanol–water partition coefficient (Wildman–Crippen LogP) is 2.75. The van der Waals surface area contributed by atoms with Gasteiger partial charge in [-0.05, 0) is 43.8 Å². The maximum atomic E-state index is 11.9. The molecule has 0 saturated carbocycles. The Bertz CT molecular complexity index is 636. The van der Waals surface area contributed by atoms with Crippen molar-refractivity contribution in [1.29, 1.82) is 0 Å². The number of carbonyl (C=O) groups excluding carboxylic acids is 1. The molecular formula is C19H24N2O2. The summed E-state index contributed by atoms with van der Waals surface area (Å²) in [4.78, 5) is 14.0. The van der Waals surface area contributed by atoms with Crippen molar-refractivity contribution in [1.82, 2.24) is 10.2 Å². The summed E-state index contributed by atoms with van der Waals surface area (Å²) >= 11 is 0. The number of carbonyl (C=O) groups is 1. The molecule has 0 atom stereocenters. The number of nitrogens with zero attached hydrogens (tertiary/aromatic N) is 1. The second-order valence-electron chi connectivity index (χ2n) is 5.89. The number of nitrogens with one attached hydrogen (secondary N) is 1. The van der Waals surface area contributed by atoms with E-state index in [1.807, 2.05) is 57.4 Å². The first kappa shape index (κ1) is 17.0. The highest BCUT2D eigenvalue weighted by molar-refractivity contribution is 5.77. The minimum atomic E-state index is -0.120. The van der Waals surface area contributed by atoms with Crippen LogP contribution in [-0.2, 0) is 17.9 Å². The molecule has 0 heterocycles. The largest absolute Gasteiger partial charge is 0.484 e. The van der Waals surface area contributed by atoms with Gasteiger partial charge >= 0.3 is 0 Å². The molecule has 0 unspecified atom stereocenters. The molecule has 2 aromatic rings. The molecule has 2 aromatic carbocycles. The Kier molecular flexibility index (Phi) is 6.18. The molecule has 122 valence electrons. The zero-order valence-electron chi connectivity index (χ0n) is 14.0. The van der Waals surface area contributed by atoms with Gasteiger partial charge in [0.05, 0.1) is 0 Å². The van der Waals surface area contributed by atoms with Gasteiger partial charge in [-0.2, -0.15) is 0 Å². The number of aryl methyl sites for hydroxylation is 1. The Balaban J connectivity index is 1.77. The van der Waals surface area contributed by atoms with Crippen molar-refractivity contribution >= 4 is 5.91 Å². The fourth-order valence-corrected chi connectivity index (χ4v) is 2.24. The lowest BCUT2D eigenvalue weighted by molar-refractivity contribution is -0.123. The standard InChI is InChI=1S/C19H24N2O2/c1-15-6-4-5-7-18(15)23-14-19(22)20-12-16-8-10-17(11-9-16)13-21(2)3/h4-11H,12-14H2,1-3H3,(H,20,22). The third-order valence-electron chi connectivity index (χ3n) is 3.46. The number of para-hydroxylation sites is 1. The first-order valence-electron chi connectivity index (χ1n) is 7.72. The summed E-state index contributed by atoms with van der Waals surface area (Å²) in [6.07, 6.45) is 0. The van der Waals surface area contributed by atoms with Crippen molar-refractivity contribution in [2.45, 2.75) is 20.0 Å². The smallest absolute Gasteiger partial charge is 0.258 e. The van der Waals surface area contributed by atoms with Crippen molar-refractivity contribution in [2.75, 3.05) is 20.7 Å². The number of hydrogen-bond acceptors (Lipinski definition) is 3. The zero-order chi connectivity index (χ0) is 16.7. The van der Waals surface area contributed by atoms with Gasteiger partial charge in [0, 0.05) is 13.1 Å². The van der Waals surface area contributed by atoms with Crippen LogP contribution in [0, 0.1) is 6.92 Å². The van der Waals surface area contributed by atoms with Crippen LogP contribution >= 0.6 is 0 Å². The van der Waals surface area contributed by atoms with E-state index in [0.717, 1.165) is 23.4 Å². The average Bonchev–Trinajstić information content (AvgIpc) is 2.53. The maximum Gasteiger partial charge on any atom is 0.258 e. The maximum absolute atomic E-state index is 11.9. The van der Waals surface area contributed by atoms with Crippen LogP contribution in [0.4, 0.5) is 0 Å². The Morgan fingerprint density at radius 1 is 1.04 bits per heavy atom. The average molecular weight is 312 g/mol. The normalized spacial score (nSPS) is 10.6. The van der Waals surface area contributed by atoms with Gasteiger partial charge in [-0.25, -0.2) is 0 Å². The fourth-order valence-electron chi connectivity index (χ4n) is 2.24. The van der Waals surface area contributed by atoms with E-state index in [9.17, 15) is 4.79 Å². The summed E-state index contributed by atoms with van der Waals surface area (Å²) in [7, 11) is 4.09. The van der Waals surface area contributed by atoms with E-state index in [2.05, 4.69) is 22.3 Å². The quantitative estimate of drug-likeness (QED) is 0.855. The number of benzene rings is 2. The summed E-state index contributed by atoms with van der Waals surface area (Å²) in [5.74, 6) is 0.626. The molecule has 0 fully saturated rings. The van der Waals surface area contributed by atoms with Crippen LogP contribution in [0.25, 0.3) is 0 Å². The molecule has 0 aromatic heterocycles. The molecule has 0 saturated heterocycles.